The summed E-state index contributed by atoms with van der Waals surface area (Å²) in [7, 11) is 0. The summed E-state index contributed by atoms with van der Waals surface area (Å²) >= 11 is 0. The van der Waals surface area contributed by atoms with Gasteiger partial charge in [0.25, 0.3) is 0 Å². The number of allylic oxidation sites excluding steroid dienone is 1. The fourth-order valence-electron chi connectivity index (χ4n) is 3.38. The predicted molar refractivity (Wildman–Crippen MR) is 145 cm³/mol. The molecule has 1 aliphatic heterocycles. The van der Waals surface area contributed by atoms with E-state index in [0.29, 0.717) is 19.0 Å². The molecule has 0 radical (unpaired) electrons. The summed E-state index contributed by atoms with van der Waals surface area (Å²) in [6.07, 6.45) is 1.55. The number of benzene rings is 1. The van der Waals surface area contributed by atoms with Crippen molar-refractivity contribution < 1.29 is 9.53 Å². The molecule has 1 amide bonds. The molecule has 1 aliphatic rings. The van der Waals surface area contributed by atoms with Crippen molar-refractivity contribution in [3.63, 3.8) is 0 Å². The van der Waals surface area contributed by atoms with Crippen LogP contribution in [-0.2, 0) is 4.74 Å². The fourth-order valence-corrected chi connectivity index (χ4v) is 3.38. The van der Waals surface area contributed by atoms with Gasteiger partial charge >= 0.3 is 6.09 Å². The zero-order valence-electron chi connectivity index (χ0n) is 23.5. The Balaban J connectivity index is 0.00000242. The van der Waals surface area contributed by atoms with Crippen LogP contribution in [0.4, 0.5) is 10.5 Å². The first-order valence-electron chi connectivity index (χ1n) is 12.8. The molecule has 1 heterocycles. The average Bonchev–Trinajstić information content (AvgIpc) is 2.80. The van der Waals surface area contributed by atoms with Gasteiger partial charge < -0.3 is 15.0 Å². The van der Waals surface area contributed by atoms with Gasteiger partial charge in [-0.2, -0.15) is 0 Å². The van der Waals surface area contributed by atoms with Crippen LogP contribution in [0.25, 0.3) is 0 Å². The third kappa shape index (κ3) is 10.1. The Kier molecular flexibility index (Phi) is 13.8. The first-order chi connectivity index (χ1) is 15.5. The van der Waals surface area contributed by atoms with Crippen molar-refractivity contribution in [2.45, 2.75) is 107 Å². The minimum Gasteiger partial charge on any atom is -0.444 e. The number of rotatable bonds is 5. The van der Waals surface area contributed by atoms with Crippen molar-refractivity contribution in [1.29, 1.82) is 0 Å². The van der Waals surface area contributed by atoms with Crippen LogP contribution in [0.5, 0.6) is 0 Å². The zero-order valence-corrected chi connectivity index (χ0v) is 23.5. The molecule has 2 rings (SSSR count). The van der Waals surface area contributed by atoms with Gasteiger partial charge in [-0.25, -0.2) is 4.79 Å². The van der Waals surface area contributed by atoms with Crippen molar-refractivity contribution in [3.8, 4) is 0 Å². The zero-order chi connectivity index (χ0) is 25.8. The summed E-state index contributed by atoms with van der Waals surface area (Å²) in [5.74, 6) is 0.522. The Morgan fingerprint density at radius 1 is 1.06 bits per heavy atom. The van der Waals surface area contributed by atoms with Crippen molar-refractivity contribution in [3.05, 3.63) is 52.2 Å². The monoisotopic (exact) mass is 458 g/mol. The topological polar surface area (TPSA) is 41.6 Å². The number of nitrogens with zero attached hydrogens (tertiary/aromatic N) is 1. The van der Waals surface area contributed by atoms with E-state index in [2.05, 4.69) is 64.2 Å². The number of nitrogens with one attached hydrogen (secondary N) is 1. The lowest BCUT2D eigenvalue weighted by atomic mass is 9.94. The Morgan fingerprint density at radius 2 is 1.61 bits per heavy atom. The van der Waals surface area contributed by atoms with Crippen LogP contribution >= 0.6 is 0 Å². The van der Waals surface area contributed by atoms with E-state index >= 15 is 0 Å². The van der Waals surface area contributed by atoms with Crippen molar-refractivity contribution >= 4 is 11.8 Å². The quantitative estimate of drug-likeness (QED) is 0.479. The van der Waals surface area contributed by atoms with Crippen LogP contribution < -0.4 is 5.32 Å². The molecule has 0 fully saturated rings. The molecule has 0 saturated heterocycles. The molecule has 0 atom stereocenters. The second-order valence-electron chi connectivity index (χ2n) is 9.27. The highest BCUT2D eigenvalue weighted by molar-refractivity contribution is 5.70. The van der Waals surface area contributed by atoms with E-state index in [9.17, 15) is 4.79 Å². The maximum absolute atomic E-state index is 12.6. The number of ether oxygens (including phenoxy) is 1. The van der Waals surface area contributed by atoms with Gasteiger partial charge in [0.05, 0.1) is 6.54 Å². The van der Waals surface area contributed by atoms with Gasteiger partial charge in [0.15, 0.2) is 0 Å². The first kappa shape index (κ1) is 30.8. The van der Waals surface area contributed by atoms with Gasteiger partial charge in [0.2, 0.25) is 0 Å². The maximum Gasteiger partial charge on any atom is 0.410 e. The highest BCUT2D eigenvalue weighted by Gasteiger charge is 2.28. The van der Waals surface area contributed by atoms with E-state index < -0.39 is 5.60 Å². The number of anilines is 1. The molecule has 4 heteroatoms. The van der Waals surface area contributed by atoms with Crippen molar-refractivity contribution in [2.75, 3.05) is 18.4 Å². The number of carbonyl (C=O) groups is 1. The Morgan fingerprint density at radius 3 is 2.06 bits per heavy atom. The highest BCUT2D eigenvalue weighted by Crippen LogP contribution is 2.29. The largest absolute Gasteiger partial charge is 0.444 e. The summed E-state index contributed by atoms with van der Waals surface area (Å²) in [4.78, 5) is 14.5. The number of amides is 1. The van der Waals surface area contributed by atoms with E-state index in [1.165, 1.54) is 28.0 Å². The molecule has 0 aromatic heterocycles. The van der Waals surface area contributed by atoms with E-state index in [1.807, 2.05) is 53.4 Å². The summed E-state index contributed by atoms with van der Waals surface area (Å²) < 4.78 is 5.61. The van der Waals surface area contributed by atoms with E-state index in [1.54, 1.807) is 0 Å². The van der Waals surface area contributed by atoms with Crippen molar-refractivity contribution in [2.24, 2.45) is 0 Å². The molecular formula is C29H50N2O2. The molecule has 4 nitrogen and oxygen atoms in total. The minimum atomic E-state index is -0.484. The third-order valence-electron chi connectivity index (χ3n) is 5.49. The Labute approximate surface area is 204 Å². The average molecular weight is 459 g/mol. The van der Waals surface area contributed by atoms with Gasteiger partial charge in [-0.15, -0.1) is 0 Å². The SMILES string of the molecule is CC.CC.CCC(C)=C(C)C1=C(Nc2ccc(C(C)C)cc2)CCN(C(=O)OC(C)(C)C)C1. The summed E-state index contributed by atoms with van der Waals surface area (Å²) in [5.41, 5.74) is 6.96. The van der Waals surface area contributed by atoms with Gasteiger partial charge in [0.1, 0.15) is 5.60 Å². The minimum absolute atomic E-state index is 0.239. The van der Waals surface area contributed by atoms with Gasteiger partial charge in [-0.1, -0.05) is 66.2 Å². The molecule has 188 valence electrons. The second-order valence-corrected chi connectivity index (χ2v) is 9.27. The van der Waals surface area contributed by atoms with Crippen LogP contribution in [0.15, 0.2) is 46.7 Å². The molecule has 1 N–H and O–H groups in total. The smallest absolute Gasteiger partial charge is 0.410 e. The van der Waals surface area contributed by atoms with Gasteiger partial charge in [-0.3, -0.25) is 0 Å². The lowest BCUT2D eigenvalue weighted by molar-refractivity contribution is 0.0261. The molecule has 0 saturated carbocycles. The van der Waals surface area contributed by atoms with E-state index in [-0.39, 0.29) is 6.09 Å². The molecule has 1 aromatic carbocycles. The Hall–Kier alpha value is -2.23. The second kappa shape index (κ2) is 14.8. The summed E-state index contributed by atoms with van der Waals surface area (Å²) in [5, 5.41) is 3.63. The summed E-state index contributed by atoms with van der Waals surface area (Å²) in [6.45, 7) is 25.9. The van der Waals surface area contributed by atoms with Crippen LogP contribution in [-0.4, -0.2) is 29.7 Å². The summed E-state index contributed by atoms with van der Waals surface area (Å²) in [6, 6.07) is 8.66. The van der Waals surface area contributed by atoms with Gasteiger partial charge in [0, 0.05) is 24.4 Å². The molecule has 0 unspecified atom stereocenters. The number of hydrogen-bond acceptors (Lipinski definition) is 3. The molecular weight excluding hydrogens is 408 g/mol. The lowest BCUT2D eigenvalue weighted by Gasteiger charge is -2.34. The Bertz CT molecular complexity index is 781. The lowest BCUT2D eigenvalue weighted by Crippen LogP contribution is -2.41. The van der Waals surface area contributed by atoms with Crippen LogP contribution in [0, 0.1) is 0 Å². The first-order valence-corrected chi connectivity index (χ1v) is 12.8. The molecule has 33 heavy (non-hydrogen) atoms. The number of carbonyl (C=O) groups excluding carboxylic acids is 1. The van der Waals surface area contributed by atoms with Crippen LogP contribution in [0.1, 0.15) is 107 Å². The molecule has 1 aromatic rings. The van der Waals surface area contributed by atoms with Gasteiger partial charge in [-0.05, 0) is 75.8 Å². The maximum atomic E-state index is 12.6. The normalized spacial score (nSPS) is 14.5. The highest BCUT2D eigenvalue weighted by atomic mass is 16.6. The number of hydrogen-bond donors (Lipinski definition) is 1. The van der Waals surface area contributed by atoms with Crippen LogP contribution in [0.3, 0.4) is 0 Å². The molecule has 0 bridgehead atoms. The van der Waals surface area contributed by atoms with Crippen molar-refractivity contribution in [1.82, 2.24) is 4.90 Å². The fraction of sp³-hybridized carbons (Fsp3) is 0.621. The third-order valence-corrected chi connectivity index (χ3v) is 5.49. The standard InChI is InChI=1S/C25H38N2O2.2C2H6/c1-9-18(4)19(5)22-16-27(24(28)29-25(6,7)8)15-14-23(22)26-21-12-10-20(11-13-21)17(2)3;2*1-2/h10-13,17,26H,9,14-16H2,1-8H3;2*1-2H3. The predicted octanol–water partition coefficient (Wildman–Crippen LogP) is 8.92. The van der Waals surface area contributed by atoms with Crippen LogP contribution in [0.2, 0.25) is 0 Å². The van der Waals surface area contributed by atoms with E-state index in [4.69, 9.17) is 4.74 Å². The van der Waals surface area contributed by atoms with E-state index in [0.717, 1.165) is 18.5 Å². The molecule has 0 aliphatic carbocycles. The molecule has 0 spiro atoms.